The van der Waals surface area contributed by atoms with E-state index in [1.165, 1.54) is 9.80 Å². The third-order valence-corrected chi connectivity index (χ3v) is 12.8. The number of phenols is 1. The van der Waals surface area contributed by atoms with Gasteiger partial charge in [0.25, 0.3) is 0 Å². The van der Waals surface area contributed by atoms with Gasteiger partial charge in [0.2, 0.25) is 23.6 Å². The van der Waals surface area contributed by atoms with Crippen LogP contribution in [-0.4, -0.2) is 81.3 Å². The Bertz CT molecular complexity index is 2140. The molecule has 0 aromatic heterocycles. The number of allylic oxidation sites excluding steroid dienone is 3. The van der Waals surface area contributed by atoms with Crippen molar-refractivity contribution in [3.05, 3.63) is 95.8 Å². The molecule has 3 aromatic carbocycles. The van der Waals surface area contributed by atoms with E-state index >= 15 is 0 Å². The fourth-order valence-electron chi connectivity index (χ4n) is 10.2. The average molecular weight is 743 g/mol. The van der Waals surface area contributed by atoms with Gasteiger partial charge in [0.1, 0.15) is 11.5 Å². The van der Waals surface area contributed by atoms with Crippen LogP contribution in [0.15, 0.2) is 90.2 Å². The van der Waals surface area contributed by atoms with Crippen LogP contribution < -0.4 is 24.3 Å². The van der Waals surface area contributed by atoms with Crippen molar-refractivity contribution in [1.82, 2.24) is 0 Å². The Kier molecular flexibility index (Phi) is 8.29. The first kappa shape index (κ1) is 34.1. The number of aromatic hydroxyl groups is 1. The predicted octanol–water partition coefficient (Wildman–Crippen LogP) is 4.46. The summed E-state index contributed by atoms with van der Waals surface area (Å²) >= 11 is 0. The maximum Gasteiger partial charge on any atom is 0.238 e. The van der Waals surface area contributed by atoms with Crippen molar-refractivity contribution in [3.63, 3.8) is 0 Å². The van der Waals surface area contributed by atoms with Gasteiger partial charge in [0, 0.05) is 55.5 Å². The molecule has 55 heavy (non-hydrogen) atoms. The van der Waals surface area contributed by atoms with E-state index in [4.69, 9.17) is 14.2 Å². The Morgan fingerprint density at radius 1 is 0.600 bits per heavy atom. The summed E-state index contributed by atoms with van der Waals surface area (Å²) in [6, 6.07) is 20.1. The van der Waals surface area contributed by atoms with Crippen LogP contribution in [-0.2, 0) is 35.1 Å². The van der Waals surface area contributed by atoms with Crippen molar-refractivity contribution in [1.29, 1.82) is 0 Å². The molecule has 0 bridgehead atoms. The number of hydrogen-bond donors (Lipinski definition) is 1. The highest BCUT2D eigenvalue weighted by Crippen LogP contribution is 2.58. The summed E-state index contributed by atoms with van der Waals surface area (Å²) < 4.78 is 17.1. The molecule has 6 unspecified atom stereocenters. The number of carbonyl (C=O) groups is 4. The van der Waals surface area contributed by atoms with Crippen LogP contribution >= 0.6 is 0 Å². The summed E-state index contributed by atoms with van der Waals surface area (Å²) in [7, 11) is 0. The van der Waals surface area contributed by atoms with E-state index in [9.17, 15) is 24.3 Å². The lowest BCUT2D eigenvalue weighted by Crippen LogP contribution is -2.45. The van der Waals surface area contributed by atoms with Crippen LogP contribution in [0, 0.1) is 35.5 Å². The maximum absolute atomic E-state index is 14.7. The first-order valence-corrected chi connectivity index (χ1v) is 19.3. The monoisotopic (exact) mass is 742 g/mol. The molecule has 5 aliphatic heterocycles. The molecule has 5 fully saturated rings. The van der Waals surface area contributed by atoms with Gasteiger partial charge in [0.05, 0.1) is 67.7 Å². The smallest absolute Gasteiger partial charge is 0.238 e. The Balaban J connectivity index is 0.990. The average Bonchev–Trinajstić information content (AvgIpc) is 3.63. The highest BCUT2D eigenvalue weighted by atomic mass is 16.5. The van der Waals surface area contributed by atoms with Gasteiger partial charge in [-0.25, -0.2) is 0 Å². The molecule has 6 atom stereocenters. The number of imide groups is 2. The second-order valence-corrected chi connectivity index (χ2v) is 15.6. The van der Waals surface area contributed by atoms with Crippen molar-refractivity contribution in [2.24, 2.45) is 35.5 Å². The van der Waals surface area contributed by atoms with Gasteiger partial charge in [-0.05, 0) is 91.1 Å². The maximum atomic E-state index is 14.7. The van der Waals surface area contributed by atoms with Crippen LogP contribution in [0.5, 0.6) is 11.5 Å². The molecule has 12 nitrogen and oxygen atoms in total. The number of nitrogens with zero attached hydrogens (tertiary/aromatic N) is 4. The Hall–Kier alpha value is -5.46. The number of fused-ring (bicyclic) bond motifs is 5. The van der Waals surface area contributed by atoms with E-state index in [1.54, 1.807) is 24.5 Å². The van der Waals surface area contributed by atoms with E-state index in [0.717, 1.165) is 54.3 Å². The number of carbonyl (C=O) groups excluding carboxylic acids is 4. The van der Waals surface area contributed by atoms with Crippen molar-refractivity contribution in [3.8, 4) is 11.5 Å². The van der Waals surface area contributed by atoms with Gasteiger partial charge in [-0.2, -0.15) is 0 Å². The molecule has 3 aromatic rings. The summed E-state index contributed by atoms with van der Waals surface area (Å²) in [5, 5.41) is 10.3. The quantitative estimate of drug-likeness (QED) is 0.296. The van der Waals surface area contributed by atoms with Crippen LogP contribution in [0.3, 0.4) is 0 Å². The third-order valence-electron chi connectivity index (χ3n) is 12.8. The fraction of sp³-hybridized carbons (Fsp3) is 0.395. The fourth-order valence-corrected chi connectivity index (χ4v) is 10.2. The number of hydrogen-bond acceptors (Lipinski definition) is 10. The summed E-state index contributed by atoms with van der Waals surface area (Å²) in [5.41, 5.74) is 5.55. The number of benzene rings is 3. The molecule has 0 spiro atoms. The highest BCUT2D eigenvalue weighted by Gasteiger charge is 2.62. The molecule has 282 valence electrons. The second kappa shape index (κ2) is 13.4. The van der Waals surface area contributed by atoms with E-state index in [0.29, 0.717) is 56.4 Å². The molecule has 12 heteroatoms. The summed E-state index contributed by atoms with van der Waals surface area (Å²) in [6.45, 7) is 5.67. The second-order valence-electron chi connectivity index (χ2n) is 15.6. The van der Waals surface area contributed by atoms with Crippen LogP contribution in [0.1, 0.15) is 18.4 Å². The number of anilines is 4. The Morgan fingerprint density at radius 2 is 1.15 bits per heavy atom. The zero-order valence-corrected chi connectivity index (χ0v) is 30.3. The zero-order valence-electron chi connectivity index (χ0n) is 30.3. The summed E-state index contributed by atoms with van der Waals surface area (Å²) in [5.74, 6) is -3.94. The van der Waals surface area contributed by atoms with E-state index < -0.39 is 35.5 Å². The molecule has 4 amide bonds. The SMILES string of the molecule is O=C1C2CC=C3C(CC4C(=O)N(c5ccc(N6CCOCC6)cc5)C(=O)C4C3C3=COc4ccc(O)cc4C3)C2C(=O)N1c1ccc(N2CCOCC2)cc1. The van der Waals surface area contributed by atoms with Gasteiger partial charge in [0.15, 0.2) is 0 Å². The van der Waals surface area contributed by atoms with Gasteiger partial charge in [-0.1, -0.05) is 11.6 Å². The minimum Gasteiger partial charge on any atom is -0.508 e. The van der Waals surface area contributed by atoms with Crippen molar-refractivity contribution < 1.29 is 38.5 Å². The number of amides is 4. The van der Waals surface area contributed by atoms with E-state index in [-0.39, 0.29) is 35.8 Å². The molecule has 5 heterocycles. The van der Waals surface area contributed by atoms with E-state index in [1.807, 2.05) is 48.5 Å². The van der Waals surface area contributed by atoms with Gasteiger partial charge in [-0.15, -0.1) is 0 Å². The number of rotatable bonds is 5. The first-order valence-electron chi connectivity index (χ1n) is 19.3. The minimum atomic E-state index is -0.713. The lowest BCUT2D eigenvalue weighted by Gasteiger charge is -2.45. The predicted molar refractivity (Wildman–Crippen MR) is 203 cm³/mol. The Morgan fingerprint density at radius 3 is 1.75 bits per heavy atom. The number of morpholine rings is 2. The summed E-state index contributed by atoms with van der Waals surface area (Å²) in [6.07, 6.45) is 4.78. The lowest BCUT2D eigenvalue weighted by atomic mass is 9.56. The topological polar surface area (TPSA) is 129 Å². The van der Waals surface area contributed by atoms with Crippen molar-refractivity contribution in [2.75, 3.05) is 72.2 Å². The molecule has 7 aliphatic rings. The molecule has 0 radical (unpaired) electrons. The van der Waals surface area contributed by atoms with Gasteiger partial charge in [-0.3, -0.25) is 29.0 Å². The number of ether oxygens (including phenoxy) is 3. The standard InChI is InChI=1S/C43H42N4O8/c48-31-9-12-36-25(22-31)21-26(24-55-36)37-32-10-11-33-38(42(51)46(40(33)49)29-5-1-27(2-6-29)44-13-17-53-18-14-44)34(32)23-35-39(37)43(52)47(41(35)50)30-7-3-28(4-8-30)45-15-19-54-20-16-45/h1-10,12,22,24,33-35,37-39,48H,11,13-21,23H2. The molecular weight excluding hydrogens is 700 g/mol. The first-order chi connectivity index (χ1) is 26.9. The molecular formula is C43H42N4O8. The third kappa shape index (κ3) is 5.56. The molecule has 4 saturated heterocycles. The van der Waals surface area contributed by atoms with Crippen LogP contribution in [0.2, 0.25) is 0 Å². The molecule has 1 N–H and O–H groups in total. The summed E-state index contributed by atoms with van der Waals surface area (Å²) in [4.78, 5) is 65.1. The molecule has 1 saturated carbocycles. The van der Waals surface area contributed by atoms with Crippen molar-refractivity contribution in [2.45, 2.75) is 19.3 Å². The minimum absolute atomic E-state index is 0.106. The highest BCUT2D eigenvalue weighted by molar-refractivity contribution is 6.24. The largest absolute Gasteiger partial charge is 0.508 e. The lowest BCUT2D eigenvalue weighted by molar-refractivity contribution is -0.126. The van der Waals surface area contributed by atoms with E-state index in [2.05, 4.69) is 15.9 Å². The van der Waals surface area contributed by atoms with Gasteiger partial charge < -0.3 is 29.1 Å². The van der Waals surface area contributed by atoms with Crippen molar-refractivity contribution >= 4 is 46.4 Å². The van der Waals surface area contributed by atoms with Crippen LogP contribution in [0.25, 0.3) is 0 Å². The Labute approximate surface area is 318 Å². The number of phenolic OH excluding ortho intramolecular Hbond substituents is 1. The molecule has 2 aliphatic carbocycles. The zero-order chi connectivity index (χ0) is 37.4. The normalized spacial score (nSPS) is 28.9. The van der Waals surface area contributed by atoms with Gasteiger partial charge >= 0.3 is 0 Å². The van der Waals surface area contributed by atoms with Crippen LogP contribution in [0.4, 0.5) is 22.7 Å². The molecule has 10 rings (SSSR count).